The van der Waals surface area contributed by atoms with Crippen molar-refractivity contribution in [3.63, 3.8) is 0 Å². The van der Waals surface area contributed by atoms with Crippen LogP contribution in [0.4, 0.5) is 0 Å². The molecular formula is C17H15NO3. The Morgan fingerprint density at radius 1 is 1.19 bits per heavy atom. The van der Waals surface area contributed by atoms with E-state index in [1.807, 2.05) is 30.3 Å². The molecule has 4 nitrogen and oxygen atoms in total. The molecule has 1 heterocycles. The number of aliphatic hydroxyl groups is 1. The molecule has 1 aromatic carbocycles. The van der Waals surface area contributed by atoms with E-state index >= 15 is 0 Å². The van der Waals surface area contributed by atoms with Gasteiger partial charge in [0.2, 0.25) is 0 Å². The first-order valence-corrected chi connectivity index (χ1v) is 6.59. The van der Waals surface area contributed by atoms with Crippen molar-refractivity contribution in [1.29, 1.82) is 0 Å². The molecule has 0 aliphatic rings. The maximum Gasteiger partial charge on any atom is 0.356 e. The Kier molecular flexibility index (Phi) is 5.08. The monoisotopic (exact) mass is 281 g/mol. The van der Waals surface area contributed by atoms with Gasteiger partial charge in [-0.15, -0.1) is 0 Å². The van der Waals surface area contributed by atoms with Gasteiger partial charge in [-0.1, -0.05) is 30.0 Å². The van der Waals surface area contributed by atoms with Gasteiger partial charge in [-0.05, 0) is 31.2 Å². The summed E-state index contributed by atoms with van der Waals surface area (Å²) in [7, 11) is 0. The number of ether oxygens (including phenoxy) is 1. The minimum absolute atomic E-state index is 0.153. The maximum atomic E-state index is 11.7. The molecule has 4 heteroatoms. The first kappa shape index (κ1) is 14.8. The highest BCUT2D eigenvalue weighted by molar-refractivity contribution is 5.87. The van der Waals surface area contributed by atoms with Gasteiger partial charge in [0.25, 0.3) is 0 Å². The summed E-state index contributed by atoms with van der Waals surface area (Å²) in [6.07, 6.45) is 0. The van der Waals surface area contributed by atoms with Gasteiger partial charge in [0.05, 0.1) is 18.9 Å². The molecule has 0 saturated carbocycles. The summed E-state index contributed by atoms with van der Waals surface area (Å²) in [4.78, 5) is 15.8. The second kappa shape index (κ2) is 7.22. The van der Waals surface area contributed by atoms with E-state index in [-0.39, 0.29) is 18.9 Å². The number of benzene rings is 1. The number of nitrogens with zero attached hydrogens (tertiary/aromatic N) is 1. The molecule has 1 aromatic heterocycles. The van der Waals surface area contributed by atoms with E-state index in [2.05, 4.69) is 16.8 Å². The van der Waals surface area contributed by atoms with Gasteiger partial charge in [0.1, 0.15) is 5.69 Å². The van der Waals surface area contributed by atoms with Crippen LogP contribution in [0.3, 0.4) is 0 Å². The van der Waals surface area contributed by atoms with Crippen molar-refractivity contribution in [3.8, 4) is 11.8 Å². The quantitative estimate of drug-likeness (QED) is 0.692. The molecule has 0 aliphatic heterocycles. The Balaban J connectivity index is 2.33. The van der Waals surface area contributed by atoms with Gasteiger partial charge in [-0.2, -0.15) is 0 Å². The summed E-state index contributed by atoms with van der Waals surface area (Å²) < 4.78 is 4.91. The second-order valence-electron chi connectivity index (χ2n) is 4.23. The maximum absolute atomic E-state index is 11.7. The number of pyridine rings is 1. The molecule has 2 aromatic rings. The first-order valence-electron chi connectivity index (χ1n) is 6.59. The fourth-order valence-electron chi connectivity index (χ4n) is 1.72. The standard InChI is InChI=1S/C17H15NO3/c1-2-21-17(20)16-11-14(10-15(12-19)18-16)9-8-13-6-4-3-5-7-13/h3-7,10-11,19H,2,12H2,1H3. The first-order chi connectivity index (χ1) is 10.2. The van der Waals surface area contributed by atoms with Crippen LogP contribution < -0.4 is 0 Å². The number of hydrogen-bond acceptors (Lipinski definition) is 4. The number of carbonyl (C=O) groups excluding carboxylic acids is 1. The molecule has 0 amide bonds. The zero-order chi connectivity index (χ0) is 15.1. The van der Waals surface area contributed by atoms with E-state index in [9.17, 15) is 9.90 Å². The number of esters is 1. The van der Waals surface area contributed by atoms with Crippen LogP contribution in [0.5, 0.6) is 0 Å². The van der Waals surface area contributed by atoms with Crippen LogP contribution in [-0.4, -0.2) is 22.7 Å². The number of aromatic nitrogens is 1. The predicted molar refractivity (Wildman–Crippen MR) is 78.5 cm³/mol. The van der Waals surface area contributed by atoms with Gasteiger partial charge in [-0.3, -0.25) is 0 Å². The molecule has 0 bridgehead atoms. The Morgan fingerprint density at radius 2 is 1.90 bits per heavy atom. The minimum atomic E-state index is -0.518. The lowest BCUT2D eigenvalue weighted by Gasteiger charge is -2.04. The number of carbonyl (C=O) groups is 1. The minimum Gasteiger partial charge on any atom is -0.461 e. The van der Waals surface area contributed by atoms with E-state index in [1.165, 1.54) is 0 Å². The lowest BCUT2D eigenvalue weighted by Crippen LogP contribution is -2.09. The van der Waals surface area contributed by atoms with Crippen LogP contribution in [0.1, 0.15) is 34.2 Å². The SMILES string of the molecule is CCOC(=O)c1cc(C#Cc2ccccc2)cc(CO)n1. The van der Waals surface area contributed by atoms with Gasteiger partial charge >= 0.3 is 5.97 Å². The van der Waals surface area contributed by atoms with Gasteiger partial charge in [-0.25, -0.2) is 9.78 Å². The van der Waals surface area contributed by atoms with Crippen molar-refractivity contribution < 1.29 is 14.6 Å². The summed E-state index contributed by atoms with van der Waals surface area (Å²) in [5.74, 6) is 5.45. The fraction of sp³-hybridized carbons (Fsp3) is 0.176. The lowest BCUT2D eigenvalue weighted by molar-refractivity contribution is 0.0519. The van der Waals surface area contributed by atoms with Crippen molar-refractivity contribution >= 4 is 5.97 Å². The highest BCUT2D eigenvalue weighted by atomic mass is 16.5. The third-order valence-corrected chi connectivity index (χ3v) is 2.65. The van der Waals surface area contributed by atoms with Crippen LogP contribution in [0.2, 0.25) is 0 Å². The van der Waals surface area contributed by atoms with Crippen LogP contribution in [-0.2, 0) is 11.3 Å². The van der Waals surface area contributed by atoms with E-state index < -0.39 is 5.97 Å². The van der Waals surface area contributed by atoms with Crippen molar-refractivity contribution in [3.05, 3.63) is 65.0 Å². The van der Waals surface area contributed by atoms with E-state index in [4.69, 9.17) is 4.74 Å². The van der Waals surface area contributed by atoms with Crippen molar-refractivity contribution in [2.45, 2.75) is 13.5 Å². The van der Waals surface area contributed by atoms with Crippen LogP contribution >= 0.6 is 0 Å². The number of rotatable bonds is 3. The molecule has 1 N–H and O–H groups in total. The average Bonchev–Trinajstić information content (AvgIpc) is 2.54. The molecule has 0 radical (unpaired) electrons. The Bertz CT molecular complexity index is 684. The zero-order valence-electron chi connectivity index (χ0n) is 11.7. The van der Waals surface area contributed by atoms with Crippen molar-refractivity contribution in [2.75, 3.05) is 6.61 Å². The van der Waals surface area contributed by atoms with Crippen LogP contribution in [0.25, 0.3) is 0 Å². The molecule has 0 fully saturated rings. The third-order valence-electron chi connectivity index (χ3n) is 2.65. The lowest BCUT2D eigenvalue weighted by atomic mass is 10.1. The Hall–Kier alpha value is -2.64. The van der Waals surface area contributed by atoms with Gasteiger partial charge in [0, 0.05) is 11.1 Å². The molecule has 0 unspecified atom stereocenters. The summed E-state index contributed by atoms with van der Waals surface area (Å²) in [5.41, 5.74) is 2.03. The van der Waals surface area contributed by atoms with E-state index in [0.717, 1.165) is 5.56 Å². The average molecular weight is 281 g/mol. The summed E-state index contributed by atoms with van der Waals surface area (Å²) in [5, 5.41) is 9.22. The number of aliphatic hydroxyl groups excluding tert-OH is 1. The Labute approximate surface area is 123 Å². The normalized spacial score (nSPS) is 9.62. The molecule has 21 heavy (non-hydrogen) atoms. The molecule has 0 spiro atoms. The topological polar surface area (TPSA) is 59.4 Å². The third kappa shape index (κ3) is 4.16. The molecule has 2 rings (SSSR count). The smallest absolute Gasteiger partial charge is 0.356 e. The van der Waals surface area contributed by atoms with Crippen LogP contribution in [0.15, 0.2) is 42.5 Å². The number of hydrogen-bond donors (Lipinski definition) is 1. The second-order valence-corrected chi connectivity index (χ2v) is 4.23. The predicted octanol–water partition coefficient (Wildman–Crippen LogP) is 2.15. The largest absolute Gasteiger partial charge is 0.461 e. The molecular weight excluding hydrogens is 266 g/mol. The summed E-state index contributed by atoms with van der Waals surface area (Å²) >= 11 is 0. The fourth-order valence-corrected chi connectivity index (χ4v) is 1.72. The summed E-state index contributed by atoms with van der Waals surface area (Å²) in [6, 6.07) is 12.7. The Morgan fingerprint density at radius 3 is 2.57 bits per heavy atom. The molecule has 0 saturated heterocycles. The molecule has 0 aliphatic carbocycles. The van der Waals surface area contributed by atoms with Crippen molar-refractivity contribution in [1.82, 2.24) is 4.98 Å². The molecule has 0 atom stereocenters. The van der Waals surface area contributed by atoms with Crippen LogP contribution in [0, 0.1) is 11.8 Å². The zero-order valence-corrected chi connectivity index (χ0v) is 11.7. The van der Waals surface area contributed by atoms with E-state index in [0.29, 0.717) is 11.3 Å². The highest BCUT2D eigenvalue weighted by Gasteiger charge is 2.10. The summed E-state index contributed by atoms with van der Waals surface area (Å²) in [6.45, 7) is 1.74. The van der Waals surface area contributed by atoms with Crippen molar-refractivity contribution in [2.24, 2.45) is 0 Å². The van der Waals surface area contributed by atoms with Gasteiger partial charge < -0.3 is 9.84 Å². The highest BCUT2D eigenvalue weighted by Crippen LogP contribution is 2.08. The van der Waals surface area contributed by atoms with E-state index in [1.54, 1.807) is 19.1 Å². The van der Waals surface area contributed by atoms with Gasteiger partial charge in [0.15, 0.2) is 0 Å². The molecule has 106 valence electrons.